The molecule has 126 valence electrons. The molecule has 0 spiro atoms. The van der Waals surface area contributed by atoms with Gasteiger partial charge in [0.25, 0.3) is 5.91 Å². The van der Waals surface area contributed by atoms with Crippen molar-refractivity contribution in [2.45, 2.75) is 56.8 Å². The van der Waals surface area contributed by atoms with Gasteiger partial charge in [0, 0.05) is 24.4 Å². The highest BCUT2D eigenvalue weighted by Crippen LogP contribution is 2.23. The molecule has 1 aromatic carbocycles. The summed E-state index contributed by atoms with van der Waals surface area (Å²) in [6, 6.07) is 15.9. The maximum atomic E-state index is 12.3. The average Bonchev–Trinajstić information content (AvgIpc) is 3.11. The van der Waals surface area contributed by atoms with E-state index in [-0.39, 0.29) is 11.9 Å². The third-order valence-electron chi connectivity index (χ3n) is 5.62. The van der Waals surface area contributed by atoms with Crippen LogP contribution in [0.4, 0.5) is 0 Å². The zero-order valence-corrected chi connectivity index (χ0v) is 13.9. The summed E-state index contributed by atoms with van der Waals surface area (Å²) in [5.41, 5.74) is 1.42. The van der Waals surface area contributed by atoms with Crippen LogP contribution >= 0.6 is 0 Å². The number of amides is 1. The van der Waals surface area contributed by atoms with Crippen LogP contribution in [0.3, 0.4) is 0 Å². The van der Waals surface area contributed by atoms with Crippen molar-refractivity contribution < 1.29 is 14.1 Å². The van der Waals surface area contributed by atoms with Gasteiger partial charge in [0.1, 0.15) is 6.54 Å². The Morgan fingerprint density at radius 1 is 1.08 bits per heavy atom. The van der Waals surface area contributed by atoms with E-state index in [1.54, 1.807) is 23.3 Å². The molecule has 4 rings (SSSR count). The molecule has 0 aliphatic carbocycles. The maximum Gasteiger partial charge on any atom is 0.287 e. The Bertz CT molecular complexity index is 654. The molecule has 0 radical (unpaired) electrons. The van der Waals surface area contributed by atoms with Crippen LogP contribution in [-0.4, -0.2) is 24.0 Å². The summed E-state index contributed by atoms with van der Waals surface area (Å²) in [5.74, 6) is 0.341. The number of carbonyl (C=O) groups is 1. The van der Waals surface area contributed by atoms with Crippen molar-refractivity contribution in [2.75, 3.05) is 0 Å². The molecule has 2 aliphatic heterocycles. The quantitative estimate of drug-likeness (QED) is 0.905. The van der Waals surface area contributed by atoms with Crippen molar-refractivity contribution in [1.29, 1.82) is 0 Å². The molecule has 4 nitrogen and oxygen atoms in total. The van der Waals surface area contributed by atoms with Gasteiger partial charge in [0.15, 0.2) is 5.76 Å². The normalized spacial score (nSPS) is 29.2. The Morgan fingerprint density at radius 2 is 1.83 bits per heavy atom. The molecule has 1 amide bonds. The van der Waals surface area contributed by atoms with Gasteiger partial charge < -0.3 is 14.6 Å². The molecule has 0 saturated carbocycles. The van der Waals surface area contributed by atoms with Gasteiger partial charge in [-0.2, -0.15) is 0 Å². The summed E-state index contributed by atoms with van der Waals surface area (Å²) in [6.07, 6.45) is 7.57. The van der Waals surface area contributed by atoms with Crippen LogP contribution in [-0.2, 0) is 6.54 Å². The summed E-state index contributed by atoms with van der Waals surface area (Å²) in [7, 11) is 0. The number of carbonyl (C=O) groups excluding carboxylic acids is 1. The van der Waals surface area contributed by atoms with Crippen LogP contribution < -0.4 is 10.2 Å². The molecule has 2 aliphatic rings. The predicted molar refractivity (Wildman–Crippen MR) is 91.7 cm³/mol. The monoisotopic (exact) mass is 325 g/mol. The fraction of sp³-hybridized carbons (Fsp3) is 0.450. The number of nitrogens with one attached hydrogen (secondary N) is 2. The number of rotatable bonds is 4. The summed E-state index contributed by atoms with van der Waals surface area (Å²) in [5, 5.41) is 3.19. The van der Waals surface area contributed by atoms with Crippen LogP contribution in [0.1, 0.15) is 48.2 Å². The zero-order chi connectivity index (χ0) is 16.4. The van der Waals surface area contributed by atoms with Crippen molar-refractivity contribution >= 4 is 5.91 Å². The standard InChI is InChI=1S/C20H24N2O2/c23-20(19-10-5-11-24-19)21-16-12-17-8-4-9-18(13-16)22(17)14-15-6-2-1-3-7-15/h1-3,5-7,10-11,16-18H,4,8-9,12-14H2,(H,21,23)/p+1/t16?,17-,18+. The van der Waals surface area contributed by atoms with E-state index in [2.05, 4.69) is 35.6 Å². The van der Waals surface area contributed by atoms with Crippen LogP contribution in [0.25, 0.3) is 0 Å². The molecule has 2 unspecified atom stereocenters. The van der Waals surface area contributed by atoms with Crippen LogP contribution in [0.2, 0.25) is 0 Å². The van der Waals surface area contributed by atoms with Crippen molar-refractivity contribution in [1.82, 2.24) is 5.32 Å². The van der Waals surface area contributed by atoms with E-state index in [0.717, 1.165) is 19.4 Å². The van der Waals surface area contributed by atoms with E-state index in [0.29, 0.717) is 17.8 Å². The Kier molecular flexibility index (Phi) is 4.39. The van der Waals surface area contributed by atoms with E-state index in [1.807, 2.05) is 0 Å². The third kappa shape index (κ3) is 3.24. The third-order valence-corrected chi connectivity index (χ3v) is 5.62. The predicted octanol–water partition coefficient (Wildman–Crippen LogP) is 2.18. The lowest BCUT2D eigenvalue weighted by Crippen LogP contribution is -3.20. The molecule has 2 aromatic rings. The van der Waals surface area contributed by atoms with Gasteiger partial charge in [-0.3, -0.25) is 4.79 Å². The first-order chi connectivity index (χ1) is 11.8. The Hall–Kier alpha value is -2.07. The Labute approximate surface area is 142 Å². The molecule has 4 atom stereocenters. The second-order valence-corrected chi connectivity index (χ2v) is 7.18. The van der Waals surface area contributed by atoms with E-state index >= 15 is 0 Å². The lowest BCUT2D eigenvalue weighted by Gasteiger charge is -2.46. The second-order valence-electron chi connectivity index (χ2n) is 7.18. The fourth-order valence-corrected chi connectivity index (χ4v) is 4.54. The van der Waals surface area contributed by atoms with Crippen molar-refractivity contribution in [3.8, 4) is 0 Å². The number of piperidine rings is 2. The highest BCUT2D eigenvalue weighted by Gasteiger charge is 2.42. The minimum Gasteiger partial charge on any atom is -0.459 e. The van der Waals surface area contributed by atoms with Crippen molar-refractivity contribution in [3.63, 3.8) is 0 Å². The maximum absolute atomic E-state index is 12.3. The van der Waals surface area contributed by atoms with E-state index in [1.165, 1.54) is 24.8 Å². The smallest absolute Gasteiger partial charge is 0.287 e. The molecule has 2 bridgehead atoms. The van der Waals surface area contributed by atoms with Crippen LogP contribution in [0.15, 0.2) is 53.1 Å². The molecule has 3 heterocycles. The lowest BCUT2D eigenvalue weighted by molar-refractivity contribution is -0.973. The molecular weight excluding hydrogens is 300 g/mol. The zero-order valence-electron chi connectivity index (χ0n) is 13.9. The SMILES string of the molecule is O=C(NC1C[C@H]2CCC[C@@H](C1)[NH+]2Cc1ccccc1)c1ccco1. The van der Waals surface area contributed by atoms with Gasteiger partial charge in [0.05, 0.1) is 18.3 Å². The van der Waals surface area contributed by atoms with E-state index < -0.39 is 0 Å². The van der Waals surface area contributed by atoms with Crippen LogP contribution in [0, 0.1) is 0 Å². The largest absolute Gasteiger partial charge is 0.459 e. The first-order valence-electron chi connectivity index (χ1n) is 9.03. The molecule has 1 aromatic heterocycles. The number of benzene rings is 1. The summed E-state index contributed by atoms with van der Waals surface area (Å²) in [6.45, 7) is 1.11. The van der Waals surface area contributed by atoms with Gasteiger partial charge in [-0.25, -0.2) is 0 Å². The lowest BCUT2D eigenvalue weighted by atomic mass is 9.81. The molecular formula is C20H25N2O2+. The van der Waals surface area contributed by atoms with Crippen molar-refractivity contribution in [2.24, 2.45) is 0 Å². The highest BCUT2D eigenvalue weighted by atomic mass is 16.3. The highest BCUT2D eigenvalue weighted by molar-refractivity contribution is 5.91. The molecule has 2 saturated heterocycles. The molecule has 2 N–H and O–H groups in total. The molecule has 2 fully saturated rings. The number of hydrogen-bond donors (Lipinski definition) is 2. The second kappa shape index (κ2) is 6.81. The topological polar surface area (TPSA) is 46.7 Å². The van der Waals surface area contributed by atoms with Gasteiger partial charge >= 0.3 is 0 Å². The Balaban J connectivity index is 1.42. The molecule has 24 heavy (non-hydrogen) atoms. The minimum absolute atomic E-state index is 0.0745. The van der Waals surface area contributed by atoms with E-state index in [9.17, 15) is 4.79 Å². The number of furan rings is 1. The summed E-state index contributed by atoms with van der Waals surface area (Å²) >= 11 is 0. The first kappa shape index (κ1) is 15.5. The minimum atomic E-state index is -0.0745. The van der Waals surface area contributed by atoms with E-state index in [4.69, 9.17) is 4.42 Å². The number of hydrogen-bond acceptors (Lipinski definition) is 2. The first-order valence-corrected chi connectivity index (χ1v) is 9.03. The fourth-order valence-electron chi connectivity index (χ4n) is 4.54. The van der Waals surface area contributed by atoms with Gasteiger partial charge in [0.2, 0.25) is 0 Å². The number of quaternary nitrogens is 1. The summed E-state index contributed by atoms with van der Waals surface area (Å²) in [4.78, 5) is 14.0. The van der Waals surface area contributed by atoms with Gasteiger partial charge in [-0.15, -0.1) is 0 Å². The summed E-state index contributed by atoms with van der Waals surface area (Å²) < 4.78 is 5.21. The van der Waals surface area contributed by atoms with Crippen molar-refractivity contribution in [3.05, 3.63) is 60.1 Å². The number of fused-ring (bicyclic) bond motifs is 2. The Morgan fingerprint density at radius 3 is 2.50 bits per heavy atom. The van der Waals surface area contributed by atoms with Crippen LogP contribution in [0.5, 0.6) is 0 Å². The van der Waals surface area contributed by atoms with Gasteiger partial charge in [-0.05, 0) is 31.4 Å². The molecule has 4 heteroatoms. The van der Waals surface area contributed by atoms with Gasteiger partial charge in [-0.1, -0.05) is 30.3 Å². The average molecular weight is 325 g/mol.